The average molecular weight is 162 g/mol. The number of hydrogen-bond acceptors (Lipinski definition) is 2. The van der Waals surface area contributed by atoms with Gasteiger partial charge in [-0.3, -0.25) is 0 Å². The van der Waals surface area contributed by atoms with Crippen molar-refractivity contribution in [3.05, 3.63) is 0 Å². The quantitative estimate of drug-likeness (QED) is 0.454. The Labute approximate surface area is 64.0 Å². The molecule has 0 aromatic heterocycles. The lowest BCUT2D eigenvalue weighted by atomic mass is 10.2. The van der Waals surface area contributed by atoms with E-state index in [-0.39, 0.29) is 0 Å². The molecule has 1 N–H and O–H groups in total. The SMILES string of the molecule is C=PCOCCCCCO. The molecule has 60 valence electrons. The molecule has 0 fully saturated rings. The van der Waals surface area contributed by atoms with Gasteiger partial charge in [0.15, 0.2) is 0 Å². The van der Waals surface area contributed by atoms with Crippen molar-refractivity contribution >= 4 is 14.5 Å². The van der Waals surface area contributed by atoms with Crippen LogP contribution in [-0.4, -0.2) is 31.0 Å². The van der Waals surface area contributed by atoms with E-state index in [1.807, 2.05) is 0 Å². The molecule has 0 aliphatic carbocycles. The third kappa shape index (κ3) is 8.09. The van der Waals surface area contributed by atoms with Crippen LogP contribution in [0.25, 0.3) is 0 Å². The second-order valence-electron chi connectivity index (χ2n) is 2.05. The van der Waals surface area contributed by atoms with Gasteiger partial charge in [-0.15, -0.1) is 0 Å². The van der Waals surface area contributed by atoms with Crippen molar-refractivity contribution in [2.75, 3.05) is 19.6 Å². The summed E-state index contributed by atoms with van der Waals surface area (Å²) in [6, 6.07) is 0. The average Bonchev–Trinajstić information content (AvgIpc) is 1.97. The summed E-state index contributed by atoms with van der Waals surface area (Å²) in [5.74, 6) is 0. The summed E-state index contributed by atoms with van der Waals surface area (Å²) in [6.45, 7) is 1.11. The minimum Gasteiger partial charge on any atom is -0.396 e. The highest BCUT2D eigenvalue weighted by Crippen LogP contribution is 1.97. The van der Waals surface area contributed by atoms with E-state index in [2.05, 4.69) is 6.30 Å². The molecule has 0 aliphatic heterocycles. The van der Waals surface area contributed by atoms with Crippen molar-refractivity contribution in [2.45, 2.75) is 19.3 Å². The molecule has 10 heavy (non-hydrogen) atoms. The Morgan fingerprint density at radius 1 is 1.30 bits per heavy atom. The van der Waals surface area contributed by atoms with Gasteiger partial charge in [0.05, 0.1) is 6.35 Å². The fourth-order valence-electron chi connectivity index (χ4n) is 0.622. The first-order valence-corrected chi connectivity index (χ1v) is 4.79. The fourth-order valence-corrected chi connectivity index (χ4v) is 0.880. The number of unbranched alkanes of at least 4 members (excludes halogenated alkanes) is 2. The monoisotopic (exact) mass is 162 g/mol. The zero-order valence-electron chi connectivity index (χ0n) is 6.25. The zero-order chi connectivity index (χ0) is 7.66. The minimum atomic E-state index is 0.299. The predicted octanol–water partition coefficient (Wildman–Crippen LogP) is 1.50. The topological polar surface area (TPSA) is 29.5 Å². The molecule has 0 radical (unpaired) electrons. The second-order valence-corrected chi connectivity index (χ2v) is 2.75. The Balaban J connectivity index is 2.70. The molecule has 0 bridgehead atoms. The van der Waals surface area contributed by atoms with E-state index in [9.17, 15) is 0 Å². The summed E-state index contributed by atoms with van der Waals surface area (Å²) >= 11 is 0. The third-order valence-corrected chi connectivity index (χ3v) is 1.49. The smallest absolute Gasteiger partial charge is 0.0874 e. The molecule has 0 spiro atoms. The molecule has 0 atom stereocenters. The number of ether oxygens (including phenoxy) is 1. The summed E-state index contributed by atoms with van der Waals surface area (Å²) in [4.78, 5) is 0. The lowest BCUT2D eigenvalue weighted by Gasteiger charge is -1.98. The first-order valence-electron chi connectivity index (χ1n) is 3.53. The molecular formula is C7H15O2P. The van der Waals surface area contributed by atoms with Crippen LogP contribution in [0.15, 0.2) is 0 Å². The number of hydrogen-bond donors (Lipinski definition) is 1. The Morgan fingerprint density at radius 3 is 2.70 bits per heavy atom. The van der Waals surface area contributed by atoms with Crippen LogP contribution in [-0.2, 0) is 4.74 Å². The van der Waals surface area contributed by atoms with Gasteiger partial charge in [-0.2, -0.15) is 0 Å². The van der Waals surface area contributed by atoms with Crippen LogP contribution in [0.1, 0.15) is 19.3 Å². The number of aliphatic hydroxyl groups is 1. The van der Waals surface area contributed by atoms with E-state index in [1.54, 1.807) is 0 Å². The molecule has 0 aromatic carbocycles. The highest BCUT2D eigenvalue weighted by Gasteiger charge is 1.86. The molecule has 0 aromatic rings. The Bertz CT molecular complexity index is 76.0. The molecule has 0 aliphatic rings. The van der Waals surface area contributed by atoms with Crippen molar-refractivity contribution in [2.24, 2.45) is 0 Å². The zero-order valence-corrected chi connectivity index (χ0v) is 7.15. The minimum absolute atomic E-state index is 0.299. The van der Waals surface area contributed by atoms with Crippen LogP contribution < -0.4 is 0 Å². The molecule has 0 heterocycles. The third-order valence-electron chi connectivity index (χ3n) is 1.13. The van der Waals surface area contributed by atoms with E-state index in [4.69, 9.17) is 9.84 Å². The first kappa shape index (κ1) is 10.1. The molecule has 0 saturated heterocycles. The van der Waals surface area contributed by atoms with Crippen molar-refractivity contribution < 1.29 is 9.84 Å². The van der Waals surface area contributed by atoms with Gasteiger partial charge in [-0.05, 0) is 19.3 Å². The van der Waals surface area contributed by atoms with E-state index in [0.29, 0.717) is 6.61 Å². The molecule has 0 rings (SSSR count). The highest BCUT2D eigenvalue weighted by atomic mass is 31.1. The largest absolute Gasteiger partial charge is 0.396 e. The molecule has 0 saturated carbocycles. The van der Waals surface area contributed by atoms with Gasteiger partial charge in [0.25, 0.3) is 0 Å². The van der Waals surface area contributed by atoms with Crippen molar-refractivity contribution in [3.63, 3.8) is 0 Å². The molecule has 0 amide bonds. The van der Waals surface area contributed by atoms with Crippen LogP contribution in [0, 0.1) is 0 Å². The highest BCUT2D eigenvalue weighted by molar-refractivity contribution is 7.36. The summed E-state index contributed by atoms with van der Waals surface area (Å²) in [6.07, 6.45) is 7.37. The predicted molar refractivity (Wildman–Crippen MR) is 45.8 cm³/mol. The van der Waals surface area contributed by atoms with Crippen LogP contribution in [0.5, 0.6) is 0 Å². The second kappa shape index (κ2) is 9.09. The van der Waals surface area contributed by atoms with E-state index in [1.165, 1.54) is 0 Å². The number of aliphatic hydroxyl groups excluding tert-OH is 1. The lowest BCUT2D eigenvalue weighted by Crippen LogP contribution is -1.92. The number of rotatable bonds is 7. The van der Waals surface area contributed by atoms with Gasteiger partial charge in [0.2, 0.25) is 0 Å². The van der Waals surface area contributed by atoms with Crippen molar-refractivity contribution in [1.29, 1.82) is 0 Å². The van der Waals surface area contributed by atoms with Crippen LogP contribution in [0.2, 0.25) is 0 Å². The fraction of sp³-hybridized carbons (Fsp3) is 0.857. The van der Waals surface area contributed by atoms with E-state index < -0.39 is 0 Å². The van der Waals surface area contributed by atoms with Crippen molar-refractivity contribution in [3.8, 4) is 0 Å². The Kier molecular flexibility index (Phi) is 9.17. The lowest BCUT2D eigenvalue weighted by molar-refractivity contribution is 0.173. The maximum Gasteiger partial charge on any atom is 0.0874 e. The normalized spacial score (nSPS) is 10.5. The summed E-state index contributed by atoms with van der Waals surface area (Å²) in [7, 11) is 1.05. The maximum absolute atomic E-state index is 8.42. The van der Waals surface area contributed by atoms with E-state index >= 15 is 0 Å². The van der Waals surface area contributed by atoms with Gasteiger partial charge >= 0.3 is 0 Å². The molecule has 0 unspecified atom stereocenters. The van der Waals surface area contributed by atoms with Gasteiger partial charge in [-0.25, -0.2) is 0 Å². The molecular weight excluding hydrogens is 147 g/mol. The van der Waals surface area contributed by atoms with Crippen LogP contribution >= 0.6 is 8.20 Å². The standard InChI is InChI=1S/C7H15O2P/c1-10-7-9-6-4-2-3-5-8/h8H,1-7H2. The van der Waals surface area contributed by atoms with E-state index in [0.717, 1.165) is 40.4 Å². The Hall–Kier alpha value is 0.0900. The van der Waals surface area contributed by atoms with Gasteiger partial charge in [0.1, 0.15) is 0 Å². The van der Waals surface area contributed by atoms with Crippen LogP contribution in [0.3, 0.4) is 0 Å². The molecule has 3 heteroatoms. The summed E-state index contributed by atoms with van der Waals surface area (Å²) < 4.78 is 5.17. The summed E-state index contributed by atoms with van der Waals surface area (Å²) in [5, 5.41) is 8.42. The maximum atomic E-state index is 8.42. The molecule has 2 nitrogen and oxygen atoms in total. The first-order chi connectivity index (χ1) is 4.91. The Morgan fingerprint density at radius 2 is 2.10 bits per heavy atom. The van der Waals surface area contributed by atoms with Crippen molar-refractivity contribution in [1.82, 2.24) is 0 Å². The van der Waals surface area contributed by atoms with Gasteiger partial charge in [-0.1, -0.05) is 14.5 Å². The van der Waals surface area contributed by atoms with Crippen LogP contribution in [0.4, 0.5) is 0 Å². The summed E-state index contributed by atoms with van der Waals surface area (Å²) in [5.41, 5.74) is 0. The van der Waals surface area contributed by atoms with Gasteiger partial charge in [0, 0.05) is 13.2 Å². The van der Waals surface area contributed by atoms with Gasteiger partial charge < -0.3 is 9.84 Å².